The number of nitrogens with zero attached hydrogens (tertiary/aromatic N) is 1. The van der Waals surface area contributed by atoms with Crippen molar-refractivity contribution in [1.82, 2.24) is 10.2 Å². The molecule has 1 heterocycles. The predicted molar refractivity (Wildman–Crippen MR) is 64.1 cm³/mol. The first-order valence-electron chi connectivity index (χ1n) is 6.35. The van der Waals surface area contributed by atoms with E-state index in [1.54, 1.807) is 0 Å². The number of nitrogens with one attached hydrogen (secondary N) is 1. The van der Waals surface area contributed by atoms with Crippen LogP contribution in [0, 0.1) is 0 Å². The van der Waals surface area contributed by atoms with Gasteiger partial charge < -0.3 is 15.3 Å². The molecule has 1 aliphatic rings. The van der Waals surface area contributed by atoms with E-state index in [1.807, 2.05) is 0 Å². The summed E-state index contributed by atoms with van der Waals surface area (Å²) in [7, 11) is 0. The van der Waals surface area contributed by atoms with Gasteiger partial charge in [-0.1, -0.05) is 6.92 Å². The first-order valence-corrected chi connectivity index (χ1v) is 6.35. The smallest absolute Gasteiger partial charge is 0.0582 e. The Morgan fingerprint density at radius 3 is 2.87 bits per heavy atom. The summed E-state index contributed by atoms with van der Waals surface area (Å²) in [4.78, 5) is 2.56. The van der Waals surface area contributed by atoms with Crippen LogP contribution >= 0.6 is 0 Å². The molecule has 3 nitrogen and oxygen atoms in total. The minimum absolute atomic E-state index is 0.243. The van der Waals surface area contributed by atoms with Gasteiger partial charge in [-0.3, -0.25) is 0 Å². The summed E-state index contributed by atoms with van der Waals surface area (Å²) in [5, 5.41) is 12.5. The molecular weight excluding hydrogens is 188 g/mol. The molecule has 0 aromatic rings. The fourth-order valence-electron chi connectivity index (χ4n) is 2.32. The maximum absolute atomic E-state index is 9.00. The summed E-state index contributed by atoms with van der Waals surface area (Å²) in [5.74, 6) is 0. The van der Waals surface area contributed by atoms with Crippen molar-refractivity contribution >= 4 is 0 Å². The van der Waals surface area contributed by atoms with Crippen LogP contribution in [-0.4, -0.2) is 48.3 Å². The van der Waals surface area contributed by atoms with Gasteiger partial charge in [-0.05, 0) is 52.2 Å². The minimum atomic E-state index is 0.243. The minimum Gasteiger partial charge on any atom is -0.395 e. The summed E-state index contributed by atoms with van der Waals surface area (Å²) in [5.41, 5.74) is 0. The summed E-state index contributed by atoms with van der Waals surface area (Å²) in [6.07, 6.45) is 5.02. The third kappa shape index (κ3) is 4.96. The summed E-state index contributed by atoms with van der Waals surface area (Å²) in [6.45, 7) is 8.24. The number of hydrogen-bond acceptors (Lipinski definition) is 3. The molecule has 15 heavy (non-hydrogen) atoms. The lowest BCUT2D eigenvalue weighted by Gasteiger charge is -2.21. The molecule has 2 atom stereocenters. The molecule has 1 aliphatic heterocycles. The Hall–Kier alpha value is -0.120. The van der Waals surface area contributed by atoms with Gasteiger partial charge in [0.05, 0.1) is 6.61 Å². The topological polar surface area (TPSA) is 35.5 Å². The first kappa shape index (κ1) is 12.9. The van der Waals surface area contributed by atoms with Crippen LogP contribution in [0.25, 0.3) is 0 Å². The molecule has 1 saturated heterocycles. The summed E-state index contributed by atoms with van der Waals surface area (Å²) in [6, 6.07) is 0.849. The van der Waals surface area contributed by atoms with Crippen molar-refractivity contribution in [2.75, 3.05) is 26.2 Å². The molecule has 0 radical (unpaired) electrons. The van der Waals surface area contributed by atoms with E-state index in [1.165, 1.54) is 45.3 Å². The van der Waals surface area contributed by atoms with Crippen LogP contribution in [0.15, 0.2) is 0 Å². The second kappa shape index (κ2) is 7.20. The Morgan fingerprint density at radius 2 is 2.20 bits per heavy atom. The molecule has 1 fully saturated rings. The van der Waals surface area contributed by atoms with Gasteiger partial charge in [0.25, 0.3) is 0 Å². The summed E-state index contributed by atoms with van der Waals surface area (Å²) < 4.78 is 0. The van der Waals surface area contributed by atoms with Crippen LogP contribution in [0.2, 0.25) is 0 Å². The van der Waals surface area contributed by atoms with Crippen molar-refractivity contribution in [3.05, 3.63) is 0 Å². The van der Waals surface area contributed by atoms with Gasteiger partial charge in [0.15, 0.2) is 0 Å². The van der Waals surface area contributed by atoms with Gasteiger partial charge in [0.1, 0.15) is 0 Å². The van der Waals surface area contributed by atoms with Crippen LogP contribution in [0.4, 0.5) is 0 Å². The zero-order valence-corrected chi connectivity index (χ0v) is 10.2. The van der Waals surface area contributed by atoms with Crippen LogP contribution < -0.4 is 5.32 Å². The molecule has 90 valence electrons. The molecule has 2 N–H and O–H groups in total. The van der Waals surface area contributed by atoms with Gasteiger partial charge in [0.2, 0.25) is 0 Å². The highest BCUT2D eigenvalue weighted by atomic mass is 16.3. The van der Waals surface area contributed by atoms with Crippen LogP contribution in [-0.2, 0) is 0 Å². The van der Waals surface area contributed by atoms with E-state index in [2.05, 4.69) is 24.1 Å². The van der Waals surface area contributed by atoms with Crippen molar-refractivity contribution in [2.45, 2.75) is 51.6 Å². The largest absolute Gasteiger partial charge is 0.395 e. The predicted octanol–water partition coefficient (Wildman–Crippen LogP) is 1.22. The van der Waals surface area contributed by atoms with E-state index in [-0.39, 0.29) is 12.6 Å². The highest BCUT2D eigenvalue weighted by Gasteiger charge is 2.17. The average molecular weight is 214 g/mol. The monoisotopic (exact) mass is 214 g/mol. The molecule has 0 aromatic carbocycles. The lowest BCUT2D eigenvalue weighted by molar-refractivity contribution is 0.234. The maximum Gasteiger partial charge on any atom is 0.0582 e. The Kier molecular flexibility index (Phi) is 6.22. The Balaban J connectivity index is 2.26. The van der Waals surface area contributed by atoms with Crippen LogP contribution in [0.1, 0.15) is 39.5 Å². The lowest BCUT2D eigenvalue weighted by atomic mass is 10.1. The lowest BCUT2D eigenvalue weighted by Crippen LogP contribution is -2.39. The van der Waals surface area contributed by atoms with Gasteiger partial charge in [-0.25, -0.2) is 0 Å². The van der Waals surface area contributed by atoms with Crippen molar-refractivity contribution < 1.29 is 5.11 Å². The number of aliphatic hydroxyl groups excluding tert-OH is 1. The van der Waals surface area contributed by atoms with Crippen molar-refractivity contribution in [3.8, 4) is 0 Å². The second-order valence-electron chi connectivity index (χ2n) is 4.72. The van der Waals surface area contributed by atoms with Crippen molar-refractivity contribution in [3.63, 3.8) is 0 Å². The zero-order chi connectivity index (χ0) is 11.1. The van der Waals surface area contributed by atoms with Gasteiger partial charge in [-0.15, -0.1) is 0 Å². The van der Waals surface area contributed by atoms with Crippen LogP contribution in [0.3, 0.4) is 0 Å². The highest BCUT2D eigenvalue weighted by molar-refractivity contribution is 4.76. The highest BCUT2D eigenvalue weighted by Crippen LogP contribution is 2.11. The van der Waals surface area contributed by atoms with E-state index in [9.17, 15) is 0 Å². The molecular formula is C12H26N2O. The standard InChI is InChI=1S/C12H26N2O/c1-3-7-14-8-4-5-12(6-9-14)13-11(2)10-15/h11-13,15H,3-10H2,1-2H3. The maximum atomic E-state index is 9.00. The van der Waals surface area contributed by atoms with Gasteiger partial charge in [0, 0.05) is 12.1 Å². The van der Waals surface area contributed by atoms with Crippen LogP contribution in [0.5, 0.6) is 0 Å². The van der Waals surface area contributed by atoms with E-state index in [4.69, 9.17) is 5.11 Å². The normalized spacial score (nSPS) is 26.2. The van der Waals surface area contributed by atoms with E-state index >= 15 is 0 Å². The van der Waals surface area contributed by atoms with Crippen molar-refractivity contribution in [2.24, 2.45) is 0 Å². The molecule has 0 saturated carbocycles. The SMILES string of the molecule is CCCN1CCCC(NC(C)CO)CC1. The van der Waals surface area contributed by atoms with Gasteiger partial charge >= 0.3 is 0 Å². The number of rotatable bonds is 5. The number of likely N-dealkylation sites (tertiary alicyclic amines) is 1. The Bertz CT molecular complexity index is 164. The summed E-state index contributed by atoms with van der Waals surface area (Å²) >= 11 is 0. The molecule has 0 bridgehead atoms. The van der Waals surface area contributed by atoms with Gasteiger partial charge in [-0.2, -0.15) is 0 Å². The van der Waals surface area contributed by atoms with E-state index < -0.39 is 0 Å². The fraction of sp³-hybridized carbons (Fsp3) is 1.00. The number of aliphatic hydroxyl groups is 1. The van der Waals surface area contributed by atoms with E-state index in [0.717, 1.165) is 0 Å². The molecule has 0 spiro atoms. The molecule has 0 amide bonds. The third-order valence-corrected chi connectivity index (χ3v) is 3.15. The third-order valence-electron chi connectivity index (χ3n) is 3.15. The van der Waals surface area contributed by atoms with Crippen molar-refractivity contribution in [1.29, 1.82) is 0 Å². The molecule has 3 heteroatoms. The van der Waals surface area contributed by atoms with E-state index in [0.29, 0.717) is 6.04 Å². The molecule has 0 aromatic heterocycles. The number of hydrogen-bond donors (Lipinski definition) is 2. The Labute approximate surface area is 93.9 Å². The average Bonchev–Trinajstić information content (AvgIpc) is 2.45. The molecule has 1 rings (SSSR count). The first-order chi connectivity index (χ1) is 7.26. The Morgan fingerprint density at radius 1 is 1.40 bits per heavy atom. The second-order valence-corrected chi connectivity index (χ2v) is 4.72. The molecule has 0 aliphatic carbocycles. The zero-order valence-electron chi connectivity index (χ0n) is 10.2. The molecule has 2 unspecified atom stereocenters. The fourth-order valence-corrected chi connectivity index (χ4v) is 2.32. The quantitative estimate of drug-likeness (QED) is 0.722.